The van der Waals surface area contributed by atoms with E-state index in [2.05, 4.69) is 15.9 Å². The van der Waals surface area contributed by atoms with Crippen molar-refractivity contribution in [2.24, 2.45) is 0 Å². The number of aliphatic hydroxyl groups is 1. The Morgan fingerprint density at radius 2 is 1.78 bits per heavy atom. The summed E-state index contributed by atoms with van der Waals surface area (Å²) in [5.74, 6) is -1.04. The highest BCUT2D eigenvalue weighted by molar-refractivity contribution is 9.10. The molecule has 1 atom stereocenters. The monoisotopic (exact) mass is 332 g/mol. The van der Waals surface area contributed by atoms with Crippen molar-refractivity contribution >= 4 is 27.5 Å². The van der Waals surface area contributed by atoms with Gasteiger partial charge in [-0.25, -0.2) is 8.78 Å². The third-order valence-corrected chi connectivity index (χ3v) is 3.36. The van der Waals surface area contributed by atoms with Gasteiger partial charge >= 0.3 is 0 Å². The molecule has 1 unspecified atom stereocenters. The zero-order valence-corrected chi connectivity index (χ0v) is 11.3. The van der Waals surface area contributed by atoms with Crippen LogP contribution in [0.2, 0.25) is 5.02 Å². The standard InChI is InChI=1S/C13H8BrClF2O/c14-10-5-7(1-4-11(10)16)13(18)9-3-2-8(15)6-12(9)17/h1-6,13,18H. The van der Waals surface area contributed by atoms with Crippen molar-refractivity contribution in [1.29, 1.82) is 0 Å². The van der Waals surface area contributed by atoms with Gasteiger partial charge in [0.15, 0.2) is 0 Å². The highest BCUT2D eigenvalue weighted by Crippen LogP contribution is 2.28. The molecule has 0 spiro atoms. The molecule has 1 N–H and O–H groups in total. The summed E-state index contributed by atoms with van der Waals surface area (Å²) >= 11 is 8.65. The van der Waals surface area contributed by atoms with Crippen molar-refractivity contribution < 1.29 is 13.9 Å². The van der Waals surface area contributed by atoms with Crippen molar-refractivity contribution in [3.63, 3.8) is 0 Å². The van der Waals surface area contributed by atoms with Gasteiger partial charge in [0.2, 0.25) is 0 Å². The first-order chi connectivity index (χ1) is 8.49. The first-order valence-electron chi connectivity index (χ1n) is 5.07. The van der Waals surface area contributed by atoms with Gasteiger partial charge in [0.05, 0.1) is 4.47 Å². The summed E-state index contributed by atoms with van der Waals surface area (Å²) < 4.78 is 26.9. The highest BCUT2D eigenvalue weighted by atomic mass is 79.9. The van der Waals surface area contributed by atoms with Crippen LogP contribution in [0.3, 0.4) is 0 Å². The minimum atomic E-state index is -1.17. The van der Waals surface area contributed by atoms with Gasteiger partial charge in [0.1, 0.15) is 17.7 Å². The predicted octanol–water partition coefficient (Wildman–Crippen LogP) is 4.46. The third kappa shape index (κ3) is 2.71. The summed E-state index contributed by atoms with van der Waals surface area (Å²) in [4.78, 5) is 0. The molecule has 94 valence electrons. The topological polar surface area (TPSA) is 20.2 Å². The molecule has 1 nitrogen and oxygen atoms in total. The second kappa shape index (κ2) is 5.34. The third-order valence-electron chi connectivity index (χ3n) is 2.52. The lowest BCUT2D eigenvalue weighted by Gasteiger charge is -2.13. The molecule has 2 aromatic carbocycles. The molecular weight excluding hydrogens is 325 g/mol. The molecule has 0 bridgehead atoms. The minimum Gasteiger partial charge on any atom is -0.384 e. The number of hydrogen-bond acceptors (Lipinski definition) is 1. The Kier molecular flexibility index (Phi) is 4.00. The largest absolute Gasteiger partial charge is 0.384 e. The van der Waals surface area contributed by atoms with Gasteiger partial charge in [0.25, 0.3) is 0 Å². The normalized spacial score (nSPS) is 12.5. The van der Waals surface area contributed by atoms with E-state index in [1.165, 1.54) is 30.3 Å². The smallest absolute Gasteiger partial charge is 0.137 e. The van der Waals surface area contributed by atoms with Crippen LogP contribution in [0.1, 0.15) is 17.2 Å². The maximum Gasteiger partial charge on any atom is 0.137 e. The second-order valence-electron chi connectivity index (χ2n) is 3.74. The molecule has 0 fully saturated rings. The average Bonchev–Trinajstić information content (AvgIpc) is 2.32. The molecule has 0 aliphatic carbocycles. The van der Waals surface area contributed by atoms with Crippen LogP contribution in [0.15, 0.2) is 40.9 Å². The molecule has 18 heavy (non-hydrogen) atoms. The van der Waals surface area contributed by atoms with Crippen LogP contribution >= 0.6 is 27.5 Å². The minimum absolute atomic E-state index is 0.0953. The molecule has 0 saturated carbocycles. The van der Waals surface area contributed by atoms with Gasteiger partial charge in [-0.15, -0.1) is 0 Å². The maximum absolute atomic E-state index is 13.6. The fraction of sp³-hybridized carbons (Fsp3) is 0.0769. The van der Waals surface area contributed by atoms with E-state index >= 15 is 0 Å². The van der Waals surface area contributed by atoms with Gasteiger partial charge in [-0.2, -0.15) is 0 Å². The van der Waals surface area contributed by atoms with Gasteiger partial charge in [-0.05, 0) is 45.8 Å². The molecular formula is C13H8BrClF2O. The van der Waals surface area contributed by atoms with Gasteiger partial charge in [-0.3, -0.25) is 0 Å². The summed E-state index contributed by atoms with van der Waals surface area (Å²) in [6, 6.07) is 8.03. The number of benzene rings is 2. The Labute approximate surface area is 116 Å². The van der Waals surface area contributed by atoms with Gasteiger partial charge < -0.3 is 5.11 Å². The van der Waals surface area contributed by atoms with E-state index in [0.717, 1.165) is 6.07 Å². The Bertz CT molecular complexity index is 589. The lowest BCUT2D eigenvalue weighted by Crippen LogP contribution is -2.03. The summed E-state index contributed by atoms with van der Waals surface area (Å²) in [6.07, 6.45) is -1.17. The highest BCUT2D eigenvalue weighted by Gasteiger charge is 2.16. The first-order valence-corrected chi connectivity index (χ1v) is 6.24. The molecule has 0 aliphatic rings. The van der Waals surface area contributed by atoms with Crippen molar-refractivity contribution in [1.82, 2.24) is 0 Å². The SMILES string of the molecule is OC(c1ccc(F)c(Br)c1)c1ccc(Cl)cc1F. The molecule has 0 aliphatic heterocycles. The zero-order valence-electron chi connectivity index (χ0n) is 9.00. The lowest BCUT2D eigenvalue weighted by molar-refractivity contribution is 0.215. The molecule has 0 amide bonds. The average molecular weight is 334 g/mol. The number of rotatable bonds is 2. The molecule has 2 aromatic rings. The van der Waals surface area contributed by atoms with Crippen LogP contribution in [0.4, 0.5) is 8.78 Å². The molecule has 2 rings (SSSR count). The quantitative estimate of drug-likeness (QED) is 0.860. The van der Waals surface area contributed by atoms with E-state index < -0.39 is 17.7 Å². The number of aliphatic hydroxyl groups excluding tert-OH is 1. The zero-order chi connectivity index (χ0) is 13.3. The van der Waals surface area contributed by atoms with E-state index in [9.17, 15) is 13.9 Å². The van der Waals surface area contributed by atoms with Crippen LogP contribution in [0.5, 0.6) is 0 Å². The van der Waals surface area contributed by atoms with E-state index in [4.69, 9.17) is 11.6 Å². The van der Waals surface area contributed by atoms with Crippen molar-refractivity contribution in [3.05, 3.63) is 68.7 Å². The van der Waals surface area contributed by atoms with E-state index in [-0.39, 0.29) is 15.1 Å². The Morgan fingerprint density at radius 1 is 1.06 bits per heavy atom. The van der Waals surface area contributed by atoms with Crippen LogP contribution < -0.4 is 0 Å². The van der Waals surface area contributed by atoms with Gasteiger partial charge in [-0.1, -0.05) is 23.7 Å². The summed E-state index contributed by atoms with van der Waals surface area (Å²) in [6.45, 7) is 0. The molecule has 0 heterocycles. The van der Waals surface area contributed by atoms with E-state index in [1.54, 1.807) is 0 Å². The molecule has 0 aromatic heterocycles. The second-order valence-corrected chi connectivity index (χ2v) is 5.03. The molecule has 0 saturated heterocycles. The predicted molar refractivity (Wildman–Crippen MR) is 69.6 cm³/mol. The fourth-order valence-electron chi connectivity index (χ4n) is 1.59. The van der Waals surface area contributed by atoms with E-state index in [1.807, 2.05) is 0 Å². The Balaban J connectivity index is 2.41. The van der Waals surface area contributed by atoms with Crippen LogP contribution in [-0.2, 0) is 0 Å². The Hall–Kier alpha value is -0.970. The molecule has 0 radical (unpaired) electrons. The first kappa shape index (κ1) is 13.5. The Morgan fingerprint density at radius 3 is 2.39 bits per heavy atom. The van der Waals surface area contributed by atoms with Crippen LogP contribution in [-0.4, -0.2) is 5.11 Å². The fourth-order valence-corrected chi connectivity index (χ4v) is 2.14. The lowest BCUT2D eigenvalue weighted by atomic mass is 10.0. The maximum atomic E-state index is 13.6. The van der Waals surface area contributed by atoms with E-state index in [0.29, 0.717) is 5.56 Å². The van der Waals surface area contributed by atoms with Crippen LogP contribution in [0.25, 0.3) is 0 Å². The van der Waals surface area contributed by atoms with Gasteiger partial charge in [0, 0.05) is 10.6 Å². The van der Waals surface area contributed by atoms with Crippen molar-refractivity contribution in [3.8, 4) is 0 Å². The summed E-state index contributed by atoms with van der Waals surface area (Å²) in [7, 11) is 0. The van der Waals surface area contributed by atoms with Crippen molar-refractivity contribution in [2.45, 2.75) is 6.10 Å². The number of hydrogen-bond donors (Lipinski definition) is 1. The number of halogens is 4. The van der Waals surface area contributed by atoms with Crippen molar-refractivity contribution in [2.75, 3.05) is 0 Å². The summed E-state index contributed by atoms with van der Waals surface area (Å²) in [5.41, 5.74) is 0.488. The summed E-state index contributed by atoms with van der Waals surface area (Å²) in [5, 5.41) is 10.3. The van der Waals surface area contributed by atoms with Crippen LogP contribution in [0, 0.1) is 11.6 Å². The molecule has 5 heteroatoms.